The molecule has 2 rings (SSSR count). The molecule has 0 saturated heterocycles. The quantitative estimate of drug-likeness (QED) is 0.667. The van der Waals surface area contributed by atoms with Crippen LogP contribution in [0, 0.1) is 0 Å². The first-order valence-electron chi connectivity index (χ1n) is 8.44. The lowest BCUT2D eigenvalue weighted by Gasteiger charge is -2.19. The van der Waals surface area contributed by atoms with Gasteiger partial charge in [-0.25, -0.2) is 0 Å². The number of rotatable bonds is 6. The molecule has 0 aliphatic carbocycles. The number of hydrogen-bond acceptors (Lipinski definition) is 2. The second-order valence-electron chi connectivity index (χ2n) is 6.45. The van der Waals surface area contributed by atoms with E-state index >= 15 is 0 Å². The van der Waals surface area contributed by atoms with E-state index in [1.54, 1.807) is 7.11 Å². The van der Waals surface area contributed by atoms with Crippen LogP contribution in [-0.4, -0.2) is 13.2 Å². The van der Waals surface area contributed by atoms with E-state index < -0.39 is 0 Å². The fourth-order valence-electron chi connectivity index (χ4n) is 2.72. The summed E-state index contributed by atoms with van der Waals surface area (Å²) in [5.74, 6) is 2.21. The summed E-state index contributed by atoms with van der Waals surface area (Å²) in [6, 6.07) is 12.9. The first kappa shape index (κ1) is 17.4. The fourth-order valence-corrected chi connectivity index (χ4v) is 2.72. The zero-order valence-electron chi connectivity index (χ0n) is 15.1. The van der Waals surface area contributed by atoms with Gasteiger partial charge in [-0.15, -0.1) is 0 Å². The van der Waals surface area contributed by atoms with Crippen molar-refractivity contribution < 1.29 is 9.47 Å². The number of ether oxygens (including phenoxy) is 2. The Kier molecular flexibility index (Phi) is 5.70. The molecule has 0 radical (unpaired) electrons. The first-order chi connectivity index (χ1) is 11.0. The molecule has 0 aliphatic heterocycles. The molecule has 0 spiro atoms. The molecular weight excluding hydrogens is 284 g/mol. The topological polar surface area (TPSA) is 18.5 Å². The molecule has 0 heterocycles. The van der Waals surface area contributed by atoms with E-state index in [0.29, 0.717) is 5.92 Å². The Bertz CT molecular complexity index is 657. The minimum Gasteiger partial charge on any atom is -0.497 e. The molecule has 0 bridgehead atoms. The van der Waals surface area contributed by atoms with Crippen molar-refractivity contribution in [3.8, 4) is 22.6 Å². The van der Waals surface area contributed by atoms with E-state index in [1.165, 1.54) is 16.7 Å². The maximum absolute atomic E-state index is 6.06. The van der Waals surface area contributed by atoms with Crippen LogP contribution >= 0.6 is 0 Å². The highest BCUT2D eigenvalue weighted by Crippen LogP contribution is 2.37. The summed E-state index contributed by atoms with van der Waals surface area (Å²) in [7, 11) is 1.69. The molecule has 0 unspecified atom stereocenters. The summed E-state index contributed by atoms with van der Waals surface area (Å²) in [5, 5.41) is 0. The predicted molar refractivity (Wildman–Crippen MR) is 97.7 cm³/mol. The molecule has 2 aromatic carbocycles. The average Bonchev–Trinajstić information content (AvgIpc) is 2.53. The highest BCUT2D eigenvalue weighted by Gasteiger charge is 2.14. The summed E-state index contributed by atoms with van der Waals surface area (Å²) >= 11 is 0. The molecule has 2 heteroatoms. The van der Waals surface area contributed by atoms with Crippen LogP contribution in [0.2, 0.25) is 0 Å². The highest BCUT2D eigenvalue weighted by molar-refractivity contribution is 5.75. The van der Waals surface area contributed by atoms with Crippen molar-refractivity contribution in [1.29, 1.82) is 0 Å². The molecule has 124 valence electrons. The minimum absolute atomic E-state index is 0.124. The molecule has 23 heavy (non-hydrogen) atoms. The van der Waals surface area contributed by atoms with Gasteiger partial charge in [0.25, 0.3) is 0 Å². The van der Waals surface area contributed by atoms with Crippen LogP contribution in [0.15, 0.2) is 36.4 Å². The Balaban J connectivity index is 2.61. The van der Waals surface area contributed by atoms with Gasteiger partial charge < -0.3 is 9.47 Å². The highest BCUT2D eigenvalue weighted by atomic mass is 16.5. The average molecular weight is 312 g/mol. The van der Waals surface area contributed by atoms with Crippen molar-refractivity contribution in [1.82, 2.24) is 0 Å². The van der Waals surface area contributed by atoms with Crippen molar-refractivity contribution in [2.45, 2.75) is 53.1 Å². The second kappa shape index (κ2) is 7.54. The number of aryl methyl sites for hydroxylation is 1. The monoisotopic (exact) mass is 312 g/mol. The third kappa shape index (κ3) is 4.07. The standard InChI is InChI=1S/C21H28O2/c1-7-16-8-9-17(14(2)3)12-20(16)19-11-10-18(22-6)13-21(19)23-15(4)5/h8-15H,7H2,1-6H3. The lowest BCUT2D eigenvalue weighted by Crippen LogP contribution is -2.07. The zero-order chi connectivity index (χ0) is 17.0. The van der Waals surface area contributed by atoms with Crippen LogP contribution < -0.4 is 9.47 Å². The normalized spacial score (nSPS) is 11.1. The van der Waals surface area contributed by atoms with Crippen LogP contribution in [-0.2, 0) is 6.42 Å². The molecular formula is C21H28O2. The van der Waals surface area contributed by atoms with Crippen LogP contribution in [0.1, 0.15) is 51.7 Å². The van der Waals surface area contributed by atoms with Gasteiger partial charge in [0, 0.05) is 11.6 Å². The van der Waals surface area contributed by atoms with E-state index in [4.69, 9.17) is 9.47 Å². The van der Waals surface area contributed by atoms with Crippen LogP contribution in [0.4, 0.5) is 0 Å². The lowest BCUT2D eigenvalue weighted by molar-refractivity contribution is 0.242. The van der Waals surface area contributed by atoms with Gasteiger partial charge in [0.05, 0.1) is 13.2 Å². The van der Waals surface area contributed by atoms with Crippen molar-refractivity contribution in [2.75, 3.05) is 7.11 Å². The number of hydrogen-bond donors (Lipinski definition) is 0. The Morgan fingerprint density at radius 2 is 1.65 bits per heavy atom. The van der Waals surface area contributed by atoms with Gasteiger partial charge in [-0.2, -0.15) is 0 Å². The smallest absolute Gasteiger partial charge is 0.131 e. The van der Waals surface area contributed by atoms with Crippen LogP contribution in [0.5, 0.6) is 11.5 Å². The Morgan fingerprint density at radius 3 is 2.22 bits per heavy atom. The molecule has 0 atom stereocenters. The lowest BCUT2D eigenvalue weighted by atomic mass is 9.92. The van der Waals surface area contributed by atoms with Crippen LogP contribution in [0.25, 0.3) is 11.1 Å². The fraction of sp³-hybridized carbons (Fsp3) is 0.429. The molecule has 0 aliphatic rings. The third-order valence-corrected chi connectivity index (χ3v) is 4.02. The van der Waals surface area contributed by atoms with Gasteiger partial charge in [-0.1, -0.05) is 39.0 Å². The van der Waals surface area contributed by atoms with Crippen molar-refractivity contribution in [3.05, 3.63) is 47.5 Å². The van der Waals surface area contributed by atoms with E-state index in [2.05, 4.69) is 58.9 Å². The van der Waals surface area contributed by atoms with Gasteiger partial charge in [0.15, 0.2) is 0 Å². The second-order valence-corrected chi connectivity index (χ2v) is 6.45. The van der Waals surface area contributed by atoms with Crippen molar-refractivity contribution in [3.63, 3.8) is 0 Å². The minimum atomic E-state index is 0.124. The largest absolute Gasteiger partial charge is 0.497 e. The summed E-state index contributed by atoms with van der Waals surface area (Å²) in [5.41, 5.74) is 5.09. The van der Waals surface area contributed by atoms with Gasteiger partial charge in [0.2, 0.25) is 0 Å². The molecule has 2 nitrogen and oxygen atoms in total. The van der Waals surface area contributed by atoms with E-state index in [1.807, 2.05) is 12.1 Å². The number of methoxy groups -OCH3 is 1. The Hall–Kier alpha value is -1.96. The van der Waals surface area contributed by atoms with Gasteiger partial charge in [0.1, 0.15) is 11.5 Å². The summed E-state index contributed by atoms with van der Waals surface area (Å²) in [6.45, 7) is 10.7. The number of benzene rings is 2. The van der Waals surface area contributed by atoms with Crippen molar-refractivity contribution in [2.24, 2.45) is 0 Å². The van der Waals surface area contributed by atoms with E-state index in [-0.39, 0.29) is 6.10 Å². The van der Waals surface area contributed by atoms with Gasteiger partial charge in [-0.05, 0) is 55.0 Å². The Morgan fingerprint density at radius 1 is 0.913 bits per heavy atom. The maximum Gasteiger partial charge on any atom is 0.131 e. The molecule has 0 fully saturated rings. The van der Waals surface area contributed by atoms with E-state index in [0.717, 1.165) is 23.5 Å². The summed E-state index contributed by atoms with van der Waals surface area (Å²) in [4.78, 5) is 0. The zero-order valence-corrected chi connectivity index (χ0v) is 15.1. The summed E-state index contributed by atoms with van der Waals surface area (Å²) in [6.07, 6.45) is 1.13. The first-order valence-corrected chi connectivity index (χ1v) is 8.44. The molecule has 0 saturated carbocycles. The SMILES string of the molecule is CCc1ccc(C(C)C)cc1-c1ccc(OC)cc1OC(C)C. The summed E-state index contributed by atoms with van der Waals surface area (Å²) < 4.78 is 11.4. The van der Waals surface area contributed by atoms with Gasteiger partial charge in [-0.3, -0.25) is 0 Å². The van der Waals surface area contributed by atoms with Crippen LogP contribution in [0.3, 0.4) is 0 Å². The van der Waals surface area contributed by atoms with Gasteiger partial charge >= 0.3 is 0 Å². The van der Waals surface area contributed by atoms with Crippen molar-refractivity contribution >= 4 is 0 Å². The molecule has 0 amide bonds. The molecule has 0 aromatic heterocycles. The molecule has 2 aromatic rings. The predicted octanol–water partition coefficient (Wildman–Crippen LogP) is 5.84. The third-order valence-electron chi connectivity index (χ3n) is 4.02. The Labute approximate surface area is 140 Å². The molecule has 0 N–H and O–H groups in total. The van der Waals surface area contributed by atoms with E-state index in [9.17, 15) is 0 Å². The maximum atomic E-state index is 6.06.